The normalized spacial score (nSPS) is 11.3. The van der Waals surface area contributed by atoms with Gasteiger partial charge in [-0.05, 0) is 50.1 Å². The van der Waals surface area contributed by atoms with Gasteiger partial charge in [0.2, 0.25) is 0 Å². The van der Waals surface area contributed by atoms with E-state index in [9.17, 15) is 13.2 Å². The quantitative estimate of drug-likeness (QED) is 0.757. The standard InChI is InChI=1S/C11H7Br2NO4S2/c12-9-5-8(10(13)19-9)20(17,18)14-7-4-2-1-3-6(7)11(15)16/h1-5,14H,(H,15,16). The number of aromatic carboxylic acids is 1. The molecule has 106 valence electrons. The molecule has 0 aliphatic carbocycles. The summed E-state index contributed by atoms with van der Waals surface area (Å²) in [5, 5.41) is 9.04. The molecule has 0 saturated heterocycles. The molecule has 0 amide bonds. The number of para-hydroxylation sites is 1. The monoisotopic (exact) mass is 439 g/mol. The van der Waals surface area contributed by atoms with E-state index in [4.69, 9.17) is 5.11 Å². The average molecular weight is 441 g/mol. The molecule has 0 atom stereocenters. The van der Waals surface area contributed by atoms with Crippen molar-refractivity contribution in [1.82, 2.24) is 0 Å². The van der Waals surface area contributed by atoms with Crippen LogP contribution in [0.25, 0.3) is 0 Å². The van der Waals surface area contributed by atoms with Gasteiger partial charge in [-0.3, -0.25) is 4.72 Å². The van der Waals surface area contributed by atoms with Crippen molar-refractivity contribution in [2.75, 3.05) is 4.72 Å². The number of carbonyl (C=O) groups is 1. The molecule has 2 rings (SSSR count). The zero-order chi connectivity index (χ0) is 14.9. The van der Waals surface area contributed by atoms with Crippen LogP contribution in [0.3, 0.4) is 0 Å². The fraction of sp³-hybridized carbons (Fsp3) is 0. The first-order valence-corrected chi connectivity index (χ1v) is 9.00. The highest BCUT2D eigenvalue weighted by atomic mass is 79.9. The number of anilines is 1. The number of carboxylic acids is 1. The summed E-state index contributed by atoms with van der Waals surface area (Å²) >= 11 is 7.58. The third-order valence-electron chi connectivity index (χ3n) is 2.32. The van der Waals surface area contributed by atoms with E-state index in [2.05, 4.69) is 36.6 Å². The Morgan fingerprint density at radius 3 is 2.45 bits per heavy atom. The second kappa shape index (κ2) is 5.84. The van der Waals surface area contributed by atoms with Crippen LogP contribution < -0.4 is 4.72 Å². The number of nitrogens with one attached hydrogen (secondary N) is 1. The molecule has 0 unspecified atom stereocenters. The molecule has 0 aliphatic heterocycles. The summed E-state index contributed by atoms with van der Waals surface area (Å²) in [6.07, 6.45) is 0. The van der Waals surface area contributed by atoms with Gasteiger partial charge in [-0.2, -0.15) is 0 Å². The van der Waals surface area contributed by atoms with E-state index in [1.54, 1.807) is 6.07 Å². The minimum absolute atomic E-state index is 0.0224. The second-order valence-corrected chi connectivity index (χ2v) is 9.04. The summed E-state index contributed by atoms with van der Waals surface area (Å²) in [7, 11) is -3.86. The number of halogens is 2. The van der Waals surface area contributed by atoms with Gasteiger partial charge in [-0.25, -0.2) is 13.2 Å². The first-order chi connectivity index (χ1) is 9.31. The number of benzene rings is 1. The molecule has 0 fully saturated rings. The zero-order valence-electron chi connectivity index (χ0n) is 9.63. The highest BCUT2D eigenvalue weighted by Gasteiger charge is 2.22. The molecule has 0 saturated carbocycles. The van der Waals surface area contributed by atoms with Gasteiger partial charge >= 0.3 is 5.97 Å². The van der Waals surface area contributed by atoms with Gasteiger partial charge < -0.3 is 5.11 Å². The van der Waals surface area contributed by atoms with Crippen molar-refractivity contribution in [3.63, 3.8) is 0 Å². The van der Waals surface area contributed by atoms with Crippen LogP contribution in [0.2, 0.25) is 0 Å². The number of hydrogen-bond donors (Lipinski definition) is 2. The summed E-state index contributed by atoms with van der Waals surface area (Å²) in [6, 6.07) is 7.26. The summed E-state index contributed by atoms with van der Waals surface area (Å²) in [5.74, 6) is -1.20. The topological polar surface area (TPSA) is 83.5 Å². The molecule has 1 heterocycles. The summed E-state index contributed by atoms with van der Waals surface area (Å²) in [4.78, 5) is 11.1. The van der Waals surface area contributed by atoms with Crippen LogP contribution in [-0.2, 0) is 10.0 Å². The molecular weight excluding hydrogens is 434 g/mol. The smallest absolute Gasteiger partial charge is 0.337 e. The van der Waals surface area contributed by atoms with Crippen LogP contribution in [0, 0.1) is 0 Å². The van der Waals surface area contributed by atoms with E-state index in [1.165, 1.54) is 35.6 Å². The maximum Gasteiger partial charge on any atom is 0.337 e. The Labute approximate surface area is 135 Å². The molecule has 1 aromatic carbocycles. The molecule has 5 nitrogen and oxygen atoms in total. The van der Waals surface area contributed by atoms with Crippen LogP contribution in [0.4, 0.5) is 5.69 Å². The summed E-state index contributed by atoms with van der Waals surface area (Å²) < 4.78 is 27.9. The minimum Gasteiger partial charge on any atom is -0.478 e. The second-order valence-electron chi connectivity index (χ2n) is 3.64. The molecule has 2 N–H and O–H groups in total. The lowest BCUT2D eigenvalue weighted by molar-refractivity contribution is 0.0698. The van der Waals surface area contributed by atoms with Crippen LogP contribution in [-0.4, -0.2) is 19.5 Å². The summed E-state index contributed by atoms with van der Waals surface area (Å²) in [6.45, 7) is 0. The Hall–Kier alpha value is -0.900. The number of thiophene rings is 1. The van der Waals surface area contributed by atoms with Gasteiger partial charge in [0.15, 0.2) is 0 Å². The van der Waals surface area contributed by atoms with Crippen molar-refractivity contribution < 1.29 is 18.3 Å². The van der Waals surface area contributed by atoms with Gasteiger partial charge in [-0.1, -0.05) is 12.1 Å². The summed E-state index contributed by atoms with van der Waals surface area (Å²) in [5.41, 5.74) is -0.0873. The highest BCUT2D eigenvalue weighted by molar-refractivity contribution is 9.12. The predicted octanol–water partition coefficient (Wildman–Crippen LogP) is 3.77. The van der Waals surface area contributed by atoms with E-state index in [1.807, 2.05) is 0 Å². The van der Waals surface area contributed by atoms with Crippen molar-refractivity contribution in [2.24, 2.45) is 0 Å². The number of rotatable bonds is 4. The van der Waals surface area contributed by atoms with Crippen LogP contribution in [0.1, 0.15) is 10.4 Å². The Morgan fingerprint density at radius 2 is 1.90 bits per heavy atom. The Balaban J connectivity index is 2.44. The van der Waals surface area contributed by atoms with Crippen molar-refractivity contribution >= 4 is 64.9 Å². The maximum absolute atomic E-state index is 12.3. The van der Waals surface area contributed by atoms with Gasteiger partial charge in [0.1, 0.15) is 4.90 Å². The molecular formula is C11H7Br2NO4S2. The minimum atomic E-state index is -3.86. The van der Waals surface area contributed by atoms with Gasteiger partial charge in [0.05, 0.1) is 18.8 Å². The molecule has 20 heavy (non-hydrogen) atoms. The Bertz CT molecular complexity index is 770. The van der Waals surface area contributed by atoms with Crippen molar-refractivity contribution in [2.45, 2.75) is 4.90 Å². The first kappa shape index (κ1) is 15.5. The van der Waals surface area contributed by atoms with Gasteiger partial charge in [-0.15, -0.1) is 11.3 Å². The zero-order valence-corrected chi connectivity index (χ0v) is 14.4. The van der Waals surface area contributed by atoms with E-state index in [0.29, 0.717) is 7.57 Å². The largest absolute Gasteiger partial charge is 0.478 e. The molecule has 0 bridgehead atoms. The average Bonchev–Trinajstić information content (AvgIpc) is 2.69. The lowest BCUT2D eigenvalue weighted by Crippen LogP contribution is -2.15. The number of hydrogen-bond acceptors (Lipinski definition) is 4. The Kier molecular flexibility index (Phi) is 4.52. The molecule has 9 heteroatoms. The maximum atomic E-state index is 12.3. The van der Waals surface area contributed by atoms with Gasteiger partial charge in [0, 0.05) is 0 Å². The third kappa shape index (κ3) is 3.22. The molecule has 1 aromatic heterocycles. The molecule has 0 radical (unpaired) electrons. The van der Waals surface area contributed by atoms with Crippen LogP contribution in [0.15, 0.2) is 42.8 Å². The SMILES string of the molecule is O=C(O)c1ccccc1NS(=O)(=O)c1cc(Br)sc1Br. The van der Waals surface area contributed by atoms with Crippen LogP contribution in [0.5, 0.6) is 0 Å². The predicted molar refractivity (Wildman–Crippen MR) is 83.9 cm³/mol. The fourth-order valence-corrected chi connectivity index (χ4v) is 6.36. The molecule has 0 aliphatic rings. The van der Waals surface area contributed by atoms with Crippen molar-refractivity contribution in [3.05, 3.63) is 43.5 Å². The van der Waals surface area contributed by atoms with Crippen molar-refractivity contribution in [3.8, 4) is 0 Å². The van der Waals surface area contributed by atoms with Crippen LogP contribution >= 0.6 is 43.2 Å². The van der Waals surface area contributed by atoms with E-state index in [0.717, 1.165) is 0 Å². The number of sulfonamides is 1. The number of carboxylic acid groups (broad SMARTS) is 1. The van der Waals surface area contributed by atoms with E-state index in [-0.39, 0.29) is 16.1 Å². The highest BCUT2D eigenvalue weighted by Crippen LogP contribution is 2.35. The first-order valence-electron chi connectivity index (χ1n) is 5.11. The van der Waals surface area contributed by atoms with E-state index < -0.39 is 16.0 Å². The lowest BCUT2D eigenvalue weighted by Gasteiger charge is -2.09. The Morgan fingerprint density at radius 1 is 1.25 bits per heavy atom. The fourth-order valence-electron chi connectivity index (χ4n) is 1.47. The molecule has 2 aromatic rings. The van der Waals surface area contributed by atoms with E-state index >= 15 is 0 Å². The van der Waals surface area contributed by atoms with Crippen molar-refractivity contribution in [1.29, 1.82) is 0 Å². The van der Waals surface area contributed by atoms with Gasteiger partial charge in [0.25, 0.3) is 10.0 Å². The molecule has 0 spiro atoms. The lowest BCUT2D eigenvalue weighted by atomic mass is 10.2. The third-order valence-corrected chi connectivity index (χ3v) is 6.44.